The van der Waals surface area contributed by atoms with Gasteiger partial charge >= 0.3 is 17.9 Å². The molecule has 0 unspecified atom stereocenters. The molecule has 0 heterocycles. The molecule has 0 aromatic heterocycles. The SMILES string of the molecule is CC(=O)NCC(=O)O[C@H](C)C(=O)OCCCC(=O)O. The summed E-state index contributed by atoms with van der Waals surface area (Å²) in [5, 5.41) is 10.6. The van der Waals surface area contributed by atoms with Crippen molar-refractivity contribution in [3.05, 3.63) is 0 Å². The predicted octanol–water partition coefficient (Wildman–Crippen LogP) is -0.538. The molecule has 0 aliphatic rings. The van der Waals surface area contributed by atoms with E-state index in [2.05, 4.69) is 5.32 Å². The van der Waals surface area contributed by atoms with Gasteiger partial charge in [-0.25, -0.2) is 4.79 Å². The van der Waals surface area contributed by atoms with Gasteiger partial charge in [-0.3, -0.25) is 14.4 Å². The van der Waals surface area contributed by atoms with E-state index < -0.39 is 24.0 Å². The van der Waals surface area contributed by atoms with Crippen LogP contribution in [0.15, 0.2) is 0 Å². The van der Waals surface area contributed by atoms with Gasteiger partial charge in [0.2, 0.25) is 5.91 Å². The summed E-state index contributed by atoms with van der Waals surface area (Å²) in [4.78, 5) is 43.2. The maximum Gasteiger partial charge on any atom is 0.347 e. The Bertz CT molecular complexity index is 353. The Kier molecular flexibility index (Phi) is 7.90. The third-order valence-electron chi connectivity index (χ3n) is 1.90. The van der Waals surface area contributed by atoms with E-state index in [-0.39, 0.29) is 31.9 Å². The van der Waals surface area contributed by atoms with Crippen molar-refractivity contribution in [3.8, 4) is 0 Å². The van der Waals surface area contributed by atoms with E-state index in [4.69, 9.17) is 14.6 Å². The van der Waals surface area contributed by atoms with Crippen LogP contribution in [0.1, 0.15) is 26.7 Å². The molecule has 1 amide bonds. The lowest BCUT2D eigenvalue weighted by atomic mass is 10.3. The number of carboxylic acid groups (broad SMARTS) is 1. The third kappa shape index (κ3) is 9.57. The molecular weight excluding hydrogens is 258 g/mol. The van der Waals surface area contributed by atoms with Gasteiger partial charge in [-0.15, -0.1) is 0 Å². The summed E-state index contributed by atoms with van der Waals surface area (Å²) in [5.41, 5.74) is 0. The Balaban J connectivity index is 3.83. The summed E-state index contributed by atoms with van der Waals surface area (Å²) >= 11 is 0. The fraction of sp³-hybridized carbons (Fsp3) is 0.636. The van der Waals surface area contributed by atoms with Crippen LogP contribution < -0.4 is 5.32 Å². The number of ether oxygens (including phenoxy) is 2. The van der Waals surface area contributed by atoms with Gasteiger partial charge < -0.3 is 19.9 Å². The largest absolute Gasteiger partial charge is 0.481 e. The lowest BCUT2D eigenvalue weighted by Gasteiger charge is -2.12. The predicted molar refractivity (Wildman–Crippen MR) is 62.1 cm³/mol. The van der Waals surface area contributed by atoms with Crippen LogP contribution in [0.5, 0.6) is 0 Å². The van der Waals surface area contributed by atoms with Crippen molar-refractivity contribution in [2.75, 3.05) is 13.2 Å². The van der Waals surface area contributed by atoms with Crippen LogP contribution in [0.3, 0.4) is 0 Å². The molecule has 0 fully saturated rings. The first kappa shape index (κ1) is 16.9. The fourth-order valence-corrected chi connectivity index (χ4v) is 0.997. The molecule has 0 radical (unpaired) electrons. The van der Waals surface area contributed by atoms with E-state index >= 15 is 0 Å². The molecule has 0 aromatic carbocycles. The molecule has 0 saturated heterocycles. The third-order valence-corrected chi connectivity index (χ3v) is 1.90. The topological polar surface area (TPSA) is 119 Å². The van der Waals surface area contributed by atoms with Crippen LogP contribution in [-0.4, -0.2) is 48.2 Å². The second kappa shape index (κ2) is 8.90. The molecular formula is C11H17NO7. The van der Waals surface area contributed by atoms with Crippen LogP contribution in [0.25, 0.3) is 0 Å². The summed E-state index contributed by atoms with van der Waals surface area (Å²) in [6.45, 7) is 2.18. The first-order valence-corrected chi connectivity index (χ1v) is 5.65. The van der Waals surface area contributed by atoms with Gasteiger partial charge in [0.05, 0.1) is 6.61 Å². The summed E-state index contributed by atoms with van der Waals surface area (Å²) in [5.74, 6) is -2.89. The molecule has 0 spiro atoms. The minimum Gasteiger partial charge on any atom is -0.481 e. The molecule has 0 bridgehead atoms. The standard InChI is InChI=1S/C11H17NO7/c1-7(19-10(16)6-12-8(2)13)11(17)18-5-3-4-9(14)15/h7H,3-6H2,1-2H3,(H,12,13)(H,14,15)/t7-/m1/s1. The summed E-state index contributed by atoms with van der Waals surface area (Å²) in [6, 6.07) is 0. The zero-order valence-corrected chi connectivity index (χ0v) is 10.8. The number of carboxylic acids is 1. The van der Waals surface area contributed by atoms with Crippen LogP contribution in [0, 0.1) is 0 Å². The number of hydrogen-bond acceptors (Lipinski definition) is 6. The zero-order chi connectivity index (χ0) is 14.8. The van der Waals surface area contributed by atoms with Crippen molar-refractivity contribution in [1.29, 1.82) is 0 Å². The Morgan fingerprint density at radius 3 is 2.42 bits per heavy atom. The molecule has 8 nitrogen and oxygen atoms in total. The van der Waals surface area contributed by atoms with Crippen molar-refractivity contribution in [1.82, 2.24) is 5.32 Å². The van der Waals surface area contributed by atoms with Gasteiger partial charge in [0, 0.05) is 13.3 Å². The highest BCUT2D eigenvalue weighted by Gasteiger charge is 2.19. The lowest BCUT2D eigenvalue weighted by molar-refractivity contribution is -0.166. The van der Waals surface area contributed by atoms with E-state index in [0.717, 1.165) is 0 Å². The molecule has 0 aromatic rings. The minimum absolute atomic E-state index is 0.0568. The van der Waals surface area contributed by atoms with E-state index in [1.54, 1.807) is 0 Å². The van der Waals surface area contributed by atoms with Crippen molar-refractivity contribution < 1.29 is 33.8 Å². The van der Waals surface area contributed by atoms with Crippen molar-refractivity contribution in [2.45, 2.75) is 32.8 Å². The zero-order valence-electron chi connectivity index (χ0n) is 10.8. The molecule has 19 heavy (non-hydrogen) atoms. The van der Waals surface area contributed by atoms with E-state index in [9.17, 15) is 19.2 Å². The molecule has 2 N–H and O–H groups in total. The monoisotopic (exact) mass is 275 g/mol. The molecule has 0 rings (SSSR count). The second-order valence-electron chi connectivity index (χ2n) is 3.71. The summed E-state index contributed by atoms with van der Waals surface area (Å²) in [7, 11) is 0. The van der Waals surface area contributed by atoms with E-state index in [0.29, 0.717) is 0 Å². The molecule has 8 heteroatoms. The highest BCUT2D eigenvalue weighted by molar-refractivity contribution is 5.83. The maximum absolute atomic E-state index is 11.3. The van der Waals surface area contributed by atoms with Crippen molar-refractivity contribution in [3.63, 3.8) is 0 Å². The highest BCUT2D eigenvalue weighted by atomic mass is 16.6. The number of nitrogens with one attached hydrogen (secondary N) is 1. The van der Waals surface area contributed by atoms with Crippen molar-refractivity contribution >= 4 is 23.8 Å². The summed E-state index contributed by atoms with van der Waals surface area (Å²) in [6.07, 6.45) is -1.02. The smallest absolute Gasteiger partial charge is 0.347 e. The van der Waals surface area contributed by atoms with Gasteiger partial charge in [-0.1, -0.05) is 0 Å². The van der Waals surface area contributed by atoms with Crippen LogP contribution in [0.2, 0.25) is 0 Å². The first-order chi connectivity index (χ1) is 8.82. The van der Waals surface area contributed by atoms with Crippen LogP contribution in [0.4, 0.5) is 0 Å². The Labute approximate surface area is 110 Å². The number of carbonyl (C=O) groups excluding carboxylic acids is 3. The molecule has 1 atom stereocenters. The number of carbonyl (C=O) groups is 4. The molecule has 0 saturated carbocycles. The van der Waals surface area contributed by atoms with Gasteiger partial charge in [0.15, 0.2) is 6.10 Å². The normalized spacial score (nSPS) is 11.3. The lowest BCUT2D eigenvalue weighted by Crippen LogP contribution is -2.33. The van der Waals surface area contributed by atoms with Gasteiger partial charge in [0.25, 0.3) is 0 Å². The average Bonchev–Trinajstić information content (AvgIpc) is 2.31. The molecule has 0 aliphatic heterocycles. The highest BCUT2D eigenvalue weighted by Crippen LogP contribution is 1.98. The molecule has 0 aliphatic carbocycles. The van der Waals surface area contributed by atoms with E-state index in [1.807, 2.05) is 0 Å². The number of hydrogen-bond donors (Lipinski definition) is 2. The molecule has 108 valence electrons. The van der Waals surface area contributed by atoms with Crippen LogP contribution in [-0.2, 0) is 28.7 Å². The Hall–Kier alpha value is -2.12. The van der Waals surface area contributed by atoms with Gasteiger partial charge in [-0.2, -0.15) is 0 Å². The minimum atomic E-state index is -1.11. The first-order valence-electron chi connectivity index (χ1n) is 5.65. The average molecular weight is 275 g/mol. The van der Waals surface area contributed by atoms with Crippen molar-refractivity contribution in [2.24, 2.45) is 0 Å². The fourth-order valence-electron chi connectivity index (χ4n) is 0.997. The van der Waals surface area contributed by atoms with Gasteiger partial charge in [0.1, 0.15) is 6.54 Å². The number of rotatable bonds is 8. The van der Waals surface area contributed by atoms with Gasteiger partial charge in [-0.05, 0) is 13.3 Å². The number of amides is 1. The van der Waals surface area contributed by atoms with E-state index in [1.165, 1.54) is 13.8 Å². The Morgan fingerprint density at radius 1 is 1.26 bits per heavy atom. The number of esters is 2. The number of aliphatic carboxylic acids is 1. The summed E-state index contributed by atoms with van der Waals surface area (Å²) < 4.78 is 9.41. The maximum atomic E-state index is 11.3. The van der Waals surface area contributed by atoms with Crippen LogP contribution >= 0.6 is 0 Å². The Morgan fingerprint density at radius 2 is 1.89 bits per heavy atom. The quantitative estimate of drug-likeness (QED) is 0.451. The second-order valence-corrected chi connectivity index (χ2v) is 3.71.